The average Bonchev–Trinajstić information content (AvgIpc) is 3.04. The summed E-state index contributed by atoms with van der Waals surface area (Å²) < 4.78 is 2.17. The van der Waals surface area contributed by atoms with E-state index in [0.29, 0.717) is 11.6 Å². The quantitative estimate of drug-likeness (QED) is 0.909. The maximum atomic E-state index is 13.0. The number of amides is 1. The molecular formula is C16H20N6O. The van der Waals surface area contributed by atoms with Crippen molar-refractivity contribution < 1.29 is 4.79 Å². The molecule has 0 radical (unpaired) electrons. The minimum absolute atomic E-state index is 0.0667. The van der Waals surface area contributed by atoms with Crippen LogP contribution in [0.4, 0.5) is 0 Å². The molecular weight excluding hydrogens is 292 g/mol. The van der Waals surface area contributed by atoms with Gasteiger partial charge in [0.15, 0.2) is 0 Å². The van der Waals surface area contributed by atoms with E-state index in [1.54, 1.807) is 0 Å². The number of aromatic nitrogens is 5. The molecule has 7 nitrogen and oxygen atoms in total. The number of H-pyrrole nitrogens is 1. The van der Waals surface area contributed by atoms with Gasteiger partial charge in [-0.15, -0.1) is 10.2 Å². The molecule has 1 aliphatic carbocycles. The first kappa shape index (κ1) is 13.3. The zero-order valence-electron chi connectivity index (χ0n) is 13.2. The number of hydrogen-bond donors (Lipinski definition) is 1. The summed E-state index contributed by atoms with van der Waals surface area (Å²) in [5, 5.41) is 15.8. The predicted octanol–water partition coefficient (Wildman–Crippen LogP) is 1.42. The molecule has 23 heavy (non-hydrogen) atoms. The number of hydrogen-bond acceptors (Lipinski definition) is 4. The third-order valence-electron chi connectivity index (χ3n) is 5.51. The van der Waals surface area contributed by atoms with Crippen molar-refractivity contribution in [2.24, 2.45) is 0 Å². The summed E-state index contributed by atoms with van der Waals surface area (Å²) in [6, 6.07) is 2.40. The van der Waals surface area contributed by atoms with Gasteiger partial charge in [0.2, 0.25) is 0 Å². The first-order valence-electron chi connectivity index (χ1n) is 8.47. The molecule has 1 saturated carbocycles. The van der Waals surface area contributed by atoms with Crippen LogP contribution in [0.25, 0.3) is 0 Å². The number of nitrogens with zero attached hydrogens (tertiary/aromatic N) is 5. The summed E-state index contributed by atoms with van der Waals surface area (Å²) in [5.41, 5.74) is 1.68. The van der Waals surface area contributed by atoms with Gasteiger partial charge in [0.05, 0.1) is 6.04 Å². The number of nitrogens with one attached hydrogen (secondary N) is 1. The van der Waals surface area contributed by atoms with Crippen molar-refractivity contribution in [1.29, 1.82) is 0 Å². The zero-order valence-corrected chi connectivity index (χ0v) is 13.2. The molecule has 1 saturated heterocycles. The molecule has 2 fully saturated rings. The highest BCUT2D eigenvalue weighted by Gasteiger charge is 2.42. The van der Waals surface area contributed by atoms with Gasteiger partial charge in [-0.25, -0.2) is 0 Å². The van der Waals surface area contributed by atoms with E-state index in [9.17, 15) is 4.79 Å². The van der Waals surface area contributed by atoms with Crippen molar-refractivity contribution in [2.45, 2.75) is 63.6 Å². The second kappa shape index (κ2) is 4.66. The Morgan fingerprint density at radius 1 is 1.22 bits per heavy atom. The van der Waals surface area contributed by atoms with E-state index >= 15 is 0 Å². The van der Waals surface area contributed by atoms with Gasteiger partial charge in [-0.1, -0.05) is 0 Å². The van der Waals surface area contributed by atoms with Crippen LogP contribution in [0.1, 0.15) is 59.4 Å². The van der Waals surface area contributed by atoms with Crippen LogP contribution in [0.2, 0.25) is 0 Å². The second-order valence-corrected chi connectivity index (χ2v) is 7.06. The number of fused-ring (bicyclic) bond motifs is 3. The fourth-order valence-corrected chi connectivity index (χ4v) is 4.09. The molecule has 1 N–H and O–H groups in total. The van der Waals surface area contributed by atoms with Crippen LogP contribution in [-0.4, -0.2) is 47.9 Å². The summed E-state index contributed by atoms with van der Waals surface area (Å²) in [6.45, 7) is 2.79. The van der Waals surface area contributed by atoms with Gasteiger partial charge >= 0.3 is 0 Å². The number of carbonyl (C=O) groups is 1. The van der Waals surface area contributed by atoms with Gasteiger partial charge in [0.1, 0.15) is 17.3 Å². The van der Waals surface area contributed by atoms with Crippen molar-refractivity contribution in [3.05, 3.63) is 29.1 Å². The summed E-state index contributed by atoms with van der Waals surface area (Å²) in [6.07, 6.45) is 5.30. The molecule has 7 heteroatoms. The highest BCUT2D eigenvalue weighted by molar-refractivity contribution is 5.93. The molecule has 5 rings (SSSR count). The Bertz CT molecular complexity index is 773. The van der Waals surface area contributed by atoms with Crippen LogP contribution in [0, 0.1) is 6.92 Å². The number of rotatable bonds is 2. The Balaban J connectivity index is 1.45. The van der Waals surface area contributed by atoms with Crippen molar-refractivity contribution >= 4 is 5.91 Å². The first-order valence-corrected chi connectivity index (χ1v) is 8.47. The molecule has 0 spiro atoms. The molecule has 2 aromatic rings. The Labute approximate surface area is 134 Å². The topological polar surface area (TPSA) is 79.7 Å². The van der Waals surface area contributed by atoms with Crippen LogP contribution < -0.4 is 0 Å². The van der Waals surface area contributed by atoms with E-state index in [2.05, 4.69) is 29.9 Å². The lowest BCUT2D eigenvalue weighted by Crippen LogP contribution is -2.42. The van der Waals surface area contributed by atoms with Crippen LogP contribution in [0.5, 0.6) is 0 Å². The van der Waals surface area contributed by atoms with E-state index in [-0.39, 0.29) is 18.0 Å². The Kier molecular flexibility index (Phi) is 2.69. The standard InChI is InChI=1S/C16H20N6O/c1-9-17-20-15-6-11-4-5-12(8-21(9)15)22(11)16(23)14-7-13(18-19-14)10-2-3-10/h7,10-12H,2-6,8H2,1H3,(H,18,19)/t11-,12+/m0/s1. The number of aryl methyl sites for hydroxylation is 1. The summed E-state index contributed by atoms with van der Waals surface area (Å²) in [7, 11) is 0. The van der Waals surface area contributed by atoms with Crippen LogP contribution in [0.3, 0.4) is 0 Å². The molecule has 4 heterocycles. The monoisotopic (exact) mass is 312 g/mol. The Hall–Kier alpha value is -2.18. The predicted molar refractivity (Wildman–Crippen MR) is 82.0 cm³/mol. The summed E-state index contributed by atoms with van der Waals surface area (Å²) in [5.74, 6) is 2.60. The van der Waals surface area contributed by atoms with Gasteiger partial charge in [-0.3, -0.25) is 9.89 Å². The van der Waals surface area contributed by atoms with Crippen molar-refractivity contribution in [2.75, 3.05) is 0 Å². The van der Waals surface area contributed by atoms with E-state index < -0.39 is 0 Å². The van der Waals surface area contributed by atoms with Crippen molar-refractivity contribution in [1.82, 2.24) is 29.9 Å². The molecule has 120 valence electrons. The largest absolute Gasteiger partial charge is 0.329 e. The highest BCUT2D eigenvalue weighted by Crippen LogP contribution is 2.39. The van der Waals surface area contributed by atoms with Crippen molar-refractivity contribution in [3.8, 4) is 0 Å². The SMILES string of the molecule is Cc1nnc2n1C[C@H]1CC[C@@H](C2)N1C(=O)c1cc(C2CC2)[nH]n1. The molecule has 2 bridgehead atoms. The van der Waals surface area contributed by atoms with Crippen LogP contribution >= 0.6 is 0 Å². The molecule has 2 atom stereocenters. The van der Waals surface area contributed by atoms with Crippen LogP contribution in [0.15, 0.2) is 6.07 Å². The molecule has 0 aromatic carbocycles. The minimum atomic E-state index is 0.0667. The lowest BCUT2D eigenvalue weighted by molar-refractivity contribution is 0.0659. The fourth-order valence-electron chi connectivity index (χ4n) is 4.09. The van der Waals surface area contributed by atoms with Gasteiger partial charge in [0, 0.05) is 30.6 Å². The van der Waals surface area contributed by atoms with Crippen molar-refractivity contribution in [3.63, 3.8) is 0 Å². The molecule has 2 aliphatic heterocycles. The molecule has 0 unspecified atom stereocenters. The zero-order chi connectivity index (χ0) is 15.6. The molecule has 1 amide bonds. The third-order valence-corrected chi connectivity index (χ3v) is 5.51. The second-order valence-electron chi connectivity index (χ2n) is 7.06. The number of carbonyl (C=O) groups excluding carboxylic acids is 1. The van der Waals surface area contributed by atoms with E-state index in [1.807, 2.05) is 13.0 Å². The smallest absolute Gasteiger partial charge is 0.274 e. The summed E-state index contributed by atoms with van der Waals surface area (Å²) >= 11 is 0. The highest BCUT2D eigenvalue weighted by atomic mass is 16.2. The van der Waals surface area contributed by atoms with E-state index in [1.165, 1.54) is 12.8 Å². The average molecular weight is 312 g/mol. The Morgan fingerprint density at radius 2 is 2.04 bits per heavy atom. The lowest BCUT2D eigenvalue weighted by atomic mass is 10.1. The maximum absolute atomic E-state index is 13.0. The normalized spacial score (nSPS) is 26.2. The van der Waals surface area contributed by atoms with Crippen LogP contribution in [-0.2, 0) is 13.0 Å². The number of aromatic amines is 1. The fraction of sp³-hybridized carbons (Fsp3) is 0.625. The lowest BCUT2D eigenvalue weighted by Gasteiger charge is -2.27. The van der Waals surface area contributed by atoms with Gasteiger partial charge < -0.3 is 9.47 Å². The first-order chi connectivity index (χ1) is 11.2. The van der Waals surface area contributed by atoms with E-state index in [0.717, 1.165) is 43.1 Å². The third kappa shape index (κ3) is 2.02. The minimum Gasteiger partial charge on any atom is -0.329 e. The van der Waals surface area contributed by atoms with Gasteiger partial charge in [0.25, 0.3) is 5.91 Å². The van der Waals surface area contributed by atoms with Gasteiger partial charge in [-0.05, 0) is 38.7 Å². The molecule has 3 aliphatic rings. The Morgan fingerprint density at radius 3 is 2.87 bits per heavy atom. The van der Waals surface area contributed by atoms with Gasteiger partial charge in [-0.2, -0.15) is 5.10 Å². The van der Waals surface area contributed by atoms with E-state index in [4.69, 9.17) is 0 Å². The molecule has 2 aromatic heterocycles. The summed E-state index contributed by atoms with van der Waals surface area (Å²) in [4.78, 5) is 15.1. The maximum Gasteiger partial charge on any atom is 0.274 e.